The van der Waals surface area contributed by atoms with E-state index in [2.05, 4.69) is 22.5 Å². The van der Waals surface area contributed by atoms with Crippen LogP contribution in [0, 0.1) is 0 Å². The first-order valence-electron chi connectivity index (χ1n) is 4.09. The summed E-state index contributed by atoms with van der Waals surface area (Å²) in [6.07, 6.45) is 1.87. The minimum absolute atomic E-state index is 0.505. The predicted octanol–water partition coefficient (Wildman–Crippen LogP) is 2.27. The standard InChI is InChI=1S/C10H10N2S/c11-6-9-4-3-8(7-12-9)10-2-1-5-13-10/h1-5,7H,6,11H2. The second-order valence-corrected chi connectivity index (χ2v) is 3.67. The Morgan fingerprint density at radius 1 is 1.31 bits per heavy atom. The van der Waals surface area contributed by atoms with Crippen molar-refractivity contribution in [3.8, 4) is 10.4 Å². The van der Waals surface area contributed by atoms with Crippen LogP contribution in [0.25, 0.3) is 10.4 Å². The highest BCUT2D eigenvalue weighted by Crippen LogP contribution is 2.23. The van der Waals surface area contributed by atoms with Crippen LogP contribution in [0.4, 0.5) is 0 Å². The molecule has 0 fully saturated rings. The molecule has 0 amide bonds. The quantitative estimate of drug-likeness (QED) is 0.789. The van der Waals surface area contributed by atoms with Crippen molar-refractivity contribution in [2.45, 2.75) is 6.54 Å². The van der Waals surface area contributed by atoms with Crippen molar-refractivity contribution in [1.82, 2.24) is 4.98 Å². The smallest absolute Gasteiger partial charge is 0.0539 e. The molecule has 2 aromatic heterocycles. The second kappa shape index (κ2) is 3.68. The summed E-state index contributed by atoms with van der Waals surface area (Å²) in [5.74, 6) is 0. The van der Waals surface area contributed by atoms with Gasteiger partial charge in [0.1, 0.15) is 0 Å². The molecule has 3 heteroatoms. The van der Waals surface area contributed by atoms with Gasteiger partial charge in [-0.15, -0.1) is 11.3 Å². The Kier molecular flexibility index (Phi) is 2.38. The zero-order valence-corrected chi connectivity index (χ0v) is 7.92. The lowest BCUT2D eigenvalue weighted by atomic mass is 10.2. The Bertz CT molecular complexity index is 364. The average Bonchev–Trinajstić information content (AvgIpc) is 2.71. The average molecular weight is 190 g/mol. The van der Waals surface area contributed by atoms with Crippen LogP contribution in [0.5, 0.6) is 0 Å². The van der Waals surface area contributed by atoms with Gasteiger partial charge >= 0.3 is 0 Å². The van der Waals surface area contributed by atoms with E-state index in [4.69, 9.17) is 5.73 Å². The van der Waals surface area contributed by atoms with Gasteiger partial charge in [-0.25, -0.2) is 0 Å². The van der Waals surface area contributed by atoms with Crippen molar-refractivity contribution in [1.29, 1.82) is 0 Å². The summed E-state index contributed by atoms with van der Waals surface area (Å²) in [6.45, 7) is 0.505. The normalized spacial score (nSPS) is 10.2. The molecule has 0 saturated heterocycles. The number of rotatable bonds is 2. The third-order valence-electron chi connectivity index (χ3n) is 1.84. The minimum atomic E-state index is 0.505. The summed E-state index contributed by atoms with van der Waals surface area (Å²) in [6, 6.07) is 8.15. The fourth-order valence-corrected chi connectivity index (χ4v) is 1.85. The molecular formula is C10H10N2S. The molecular weight excluding hydrogens is 180 g/mol. The lowest BCUT2D eigenvalue weighted by Crippen LogP contribution is -1.98. The molecule has 0 aromatic carbocycles. The van der Waals surface area contributed by atoms with E-state index in [9.17, 15) is 0 Å². The van der Waals surface area contributed by atoms with Crippen molar-refractivity contribution in [2.75, 3.05) is 0 Å². The number of nitrogens with two attached hydrogens (primary N) is 1. The molecule has 66 valence electrons. The Balaban J connectivity index is 2.33. The van der Waals surface area contributed by atoms with Gasteiger partial charge in [0.25, 0.3) is 0 Å². The molecule has 0 aliphatic carbocycles. The summed E-state index contributed by atoms with van der Waals surface area (Å²) in [5.41, 5.74) is 7.55. The monoisotopic (exact) mass is 190 g/mol. The predicted molar refractivity (Wildman–Crippen MR) is 55.4 cm³/mol. The molecule has 0 radical (unpaired) electrons. The second-order valence-electron chi connectivity index (χ2n) is 2.72. The van der Waals surface area contributed by atoms with Gasteiger partial charge in [0.2, 0.25) is 0 Å². The van der Waals surface area contributed by atoms with Crippen LogP contribution in [0.2, 0.25) is 0 Å². The molecule has 0 aliphatic rings. The van der Waals surface area contributed by atoms with Crippen molar-refractivity contribution >= 4 is 11.3 Å². The molecule has 2 aromatic rings. The lowest BCUT2D eigenvalue weighted by molar-refractivity contribution is 0.992. The van der Waals surface area contributed by atoms with E-state index in [0.717, 1.165) is 11.3 Å². The molecule has 0 saturated carbocycles. The number of pyridine rings is 1. The van der Waals surface area contributed by atoms with Crippen LogP contribution in [-0.4, -0.2) is 4.98 Å². The molecule has 0 bridgehead atoms. The summed E-state index contributed by atoms with van der Waals surface area (Å²) >= 11 is 1.72. The summed E-state index contributed by atoms with van der Waals surface area (Å²) in [4.78, 5) is 5.48. The lowest BCUT2D eigenvalue weighted by Gasteiger charge is -1.98. The first kappa shape index (κ1) is 8.41. The molecule has 0 atom stereocenters. The Morgan fingerprint density at radius 3 is 2.77 bits per heavy atom. The summed E-state index contributed by atoms with van der Waals surface area (Å²) in [7, 11) is 0. The molecule has 0 aliphatic heterocycles. The first-order valence-corrected chi connectivity index (χ1v) is 4.97. The molecule has 13 heavy (non-hydrogen) atoms. The van der Waals surface area contributed by atoms with Crippen molar-refractivity contribution in [2.24, 2.45) is 5.73 Å². The van der Waals surface area contributed by atoms with E-state index in [1.165, 1.54) is 4.88 Å². The van der Waals surface area contributed by atoms with Gasteiger partial charge in [-0.05, 0) is 17.5 Å². The maximum Gasteiger partial charge on any atom is 0.0539 e. The van der Waals surface area contributed by atoms with E-state index in [0.29, 0.717) is 6.54 Å². The van der Waals surface area contributed by atoms with Gasteiger partial charge in [-0.2, -0.15) is 0 Å². The maximum absolute atomic E-state index is 5.46. The largest absolute Gasteiger partial charge is 0.325 e. The highest BCUT2D eigenvalue weighted by molar-refractivity contribution is 7.13. The Morgan fingerprint density at radius 2 is 2.23 bits per heavy atom. The summed E-state index contributed by atoms with van der Waals surface area (Å²) in [5, 5.41) is 2.06. The van der Waals surface area contributed by atoms with Crippen molar-refractivity contribution in [3.05, 3.63) is 41.5 Å². The highest BCUT2D eigenvalue weighted by atomic mass is 32.1. The van der Waals surface area contributed by atoms with Crippen molar-refractivity contribution < 1.29 is 0 Å². The van der Waals surface area contributed by atoms with Gasteiger partial charge in [0, 0.05) is 23.2 Å². The fraction of sp³-hybridized carbons (Fsp3) is 0.100. The van der Waals surface area contributed by atoms with E-state index in [1.807, 2.05) is 18.3 Å². The zero-order chi connectivity index (χ0) is 9.10. The van der Waals surface area contributed by atoms with Crippen LogP contribution in [-0.2, 0) is 6.54 Å². The van der Waals surface area contributed by atoms with Crippen LogP contribution in [0.1, 0.15) is 5.69 Å². The molecule has 2 nitrogen and oxygen atoms in total. The zero-order valence-electron chi connectivity index (χ0n) is 7.10. The van der Waals surface area contributed by atoms with Gasteiger partial charge in [0.15, 0.2) is 0 Å². The fourth-order valence-electron chi connectivity index (χ4n) is 1.13. The molecule has 2 N–H and O–H groups in total. The van der Waals surface area contributed by atoms with Crippen LogP contribution in [0.3, 0.4) is 0 Å². The van der Waals surface area contributed by atoms with Crippen LogP contribution >= 0.6 is 11.3 Å². The highest BCUT2D eigenvalue weighted by Gasteiger charge is 1.98. The number of hydrogen-bond donors (Lipinski definition) is 1. The van der Waals surface area contributed by atoms with E-state index in [-0.39, 0.29) is 0 Å². The molecule has 0 unspecified atom stereocenters. The van der Waals surface area contributed by atoms with Gasteiger partial charge in [0.05, 0.1) is 5.69 Å². The van der Waals surface area contributed by atoms with Gasteiger partial charge in [-0.3, -0.25) is 4.98 Å². The third-order valence-corrected chi connectivity index (χ3v) is 2.76. The number of hydrogen-bond acceptors (Lipinski definition) is 3. The number of aromatic nitrogens is 1. The molecule has 0 spiro atoms. The Hall–Kier alpha value is -1.19. The minimum Gasteiger partial charge on any atom is -0.325 e. The topological polar surface area (TPSA) is 38.9 Å². The van der Waals surface area contributed by atoms with E-state index >= 15 is 0 Å². The number of nitrogens with zero attached hydrogens (tertiary/aromatic N) is 1. The molecule has 2 heterocycles. The Labute approximate surface area is 81.1 Å². The van der Waals surface area contributed by atoms with E-state index in [1.54, 1.807) is 11.3 Å². The van der Waals surface area contributed by atoms with Crippen LogP contribution < -0.4 is 5.73 Å². The third kappa shape index (κ3) is 1.76. The summed E-state index contributed by atoms with van der Waals surface area (Å²) < 4.78 is 0. The molecule has 2 rings (SSSR count). The number of thiophene rings is 1. The van der Waals surface area contributed by atoms with Gasteiger partial charge < -0.3 is 5.73 Å². The van der Waals surface area contributed by atoms with Gasteiger partial charge in [-0.1, -0.05) is 12.1 Å². The van der Waals surface area contributed by atoms with Crippen molar-refractivity contribution in [3.63, 3.8) is 0 Å². The maximum atomic E-state index is 5.46. The van der Waals surface area contributed by atoms with E-state index < -0.39 is 0 Å². The first-order chi connectivity index (χ1) is 6.40. The van der Waals surface area contributed by atoms with Crippen LogP contribution in [0.15, 0.2) is 35.8 Å². The SMILES string of the molecule is NCc1ccc(-c2cccs2)cn1.